The second-order valence-corrected chi connectivity index (χ2v) is 6.54. The molecule has 0 aliphatic heterocycles. The van der Waals surface area contributed by atoms with Crippen molar-refractivity contribution < 1.29 is 13.5 Å². The van der Waals surface area contributed by atoms with Crippen LogP contribution in [0.4, 0.5) is 4.39 Å². The first-order valence-corrected chi connectivity index (χ1v) is 8.47. The van der Waals surface area contributed by atoms with Crippen LogP contribution in [-0.2, 0) is 6.61 Å². The number of halogens is 2. The van der Waals surface area contributed by atoms with E-state index in [1.165, 1.54) is 11.6 Å². The first-order chi connectivity index (χ1) is 12.0. The molecule has 0 saturated heterocycles. The third-order valence-electron chi connectivity index (χ3n) is 3.99. The Balaban J connectivity index is 1.77. The third kappa shape index (κ3) is 3.85. The van der Waals surface area contributed by atoms with E-state index in [0.717, 1.165) is 5.75 Å². The standard InChI is InChI=1S/C20H19ClFNO2/c1-12(2)14-7-9-15(10-8-14)24-11-18-13(3)23-20(25-18)19-16(21)5-4-6-17(19)22/h4-10,12H,11H2,1-3H3. The van der Waals surface area contributed by atoms with Gasteiger partial charge in [-0.1, -0.05) is 43.6 Å². The van der Waals surface area contributed by atoms with E-state index in [9.17, 15) is 4.39 Å². The quantitative estimate of drug-likeness (QED) is 0.548. The molecule has 0 aliphatic carbocycles. The molecule has 5 heteroatoms. The van der Waals surface area contributed by atoms with Crippen molar-refractivity contribution in [1.29, 1.82) is 0 Å². The molecule has 25 heavy (non-hydrogen) atoms. The summed E-state index contributed by atoms with van der Waals surface area (Å²) in [4.78, 5) is 4.28. The van der Waals surface area contributed by atoms with Gasteiger partial charge >= 0.3 is 0 Å². The van der Waals surface area contributed by atoms with E-state index in [4.69, 9.17) is 20.8 Å². The van der Waals surface area contributed by atoms with Gasteiger partial charge in [0.25, 0.3) is 0 Å². The molecule has 2 aromatic carbocycles. The van der Waals surface area contributed by atoms with E-state index in [-0.39, 0.29) is 23.1 Å². The molecule has 0 aliphatic rings. The van der Waals surface area contributed by atoms with Gasteiger partial charge in [0.15, 0.2) is 5.76 Å². The number of rotatable bonds is 5. The Bertz CT molecular complexity index is 852. The third-order valence-corrected chi connectivity index (χ3v) is 4.30. The van der Waals surface area contributed by atoms with Crippen molar-refractivity contribution in [3.63, 3.8) is 0 Å². The summed E-state index contributed by atoms with van der Waals surface area (Å²) in [6.45, 7) is 6.29. The van der Waals surface area contributed by atoms with Crippen molar-refractivity contribution in [2.45, 2.75) is 33.3 Å². The van der Waals surface area contributed by atoms with Crippen LogP contribution in [0.1, 0.15) is 36.8 Å². The first-order valence-electron chi connectivity index (χ1n) is 8.09. The molecule has 0 radical (unpaired) electrons. The first kappa shape index (κ1) is 17.5. The summed E-state index contributed by atoms with van der Waals surface area (Å²) >= 11 is 6.07. The lowest BCUT2D eigenvalue weighted by Crippen LogP contribution is -1.96. The molecule has 3 nitrogen and oxygen atoms in total. The summed E-state index contributed by atoms with van der Waals surface area (Å²) in [5.74, 6) is 1.45. The zero-order chi connectivity index (χ0) is 18.0. The number of nitrogens with zero attached hydrogens (tertiary/aromatic N) is 1. The Labute approximate surface area is 151 Å². The highest BCUT2D eigenvalue weighted by Crippen LogP contribution is 2.31. The van der Waals surface area contributed by atoms with Gasteiger partial charge in [-0.05, 0) is 42.7 Å². The number of aryl methyl sites for hydroxylation is 1. The van der Waals surface area contributed by atoms with Gasteiger partial charge in [-0.25, -0.2) is 9.37 Å². The van der Waals surface area contributed by atoms with Crippen LogP contribution < -0.4 is 4.74 Å². The molecule has 0 spiro atoms. The molecule has 0 N–H and O–H groups in total. The van der Waals surface area contributed by atoms with Crippen LogP contribution in [0.2, 0.25) is 5.02 Å². The molecular formula is C20H19ClFNO2. The van der Waals surface area contributed by atoms with E-state index in [1.54, 1.807) is 19.1 Å². The van der Waals surface area contributed by atoms with Crippen LogP contribution in [-0.4, -0.2) is 4.98 Å². The molecule has 1 aromatic heterocycles. The lowest BCUT2D eigenvalue weighted by molar-refractivity contribution is 0.270. The summed E-state index contributed by atoms with van der Waals surface area (Å²) in [6, 6.07) is 12.4. The van der Waals surface area contributed by atoms with E-state index in [0.29, 0.717) is 17.4 Å². The second-order valence-electron chi connectivity index (χ2n) is 6.14. The zero-order valence-electron chi connectivity index (χ0n) is 14.3. The minimum Gasteiger partial charge on any atom is -0.486 e. The normalized spacial score (nSPS) is 11.1. The smallest absolute Gasteiger partial charge is 0.231 e. The van der Waals surface area contributed by atoms with Crippen LogP contribution >= 0.6 is 11.6 Å². The molecule has 0 atom stereocenters. The maximum atomic E-state index is 14.0. The molecule has 3 rings (SSSR count). The topological polar surface area (TPSA) is 35.3 Å². The fourth-order valence-corrected chi connectivity index (χ4v) is 2.71. The summed E-state index contributed by atoms with van der Waals surface area (Å²) in [7, 11) is 0. The van der Waals surface area contributed by atoms with Crippen molar-refractivity contribution in [3.8, 4) is 17.2 Å². The van der Waals surface area contributed by atoms with Crippen LogP contribution in [0.5, 0.6) is 5.75 Å². The number of aromatic nitrogens is 1. The predicted molar refractivity (Wildman–Crippen MR) is 96.5 cm³/mol. The lowest BCUT2D eigenvalue weighted by Gasteiger charge is -2.08. The lowest BCUT2D eigenvalue weighted by atomic mass is 10.0. The number of hydrogen-bond acceptors (Lipinski definition) is 3. The van der Waals surface area contributed by atoms with Crippen LogP contribution in [0.15, 0.2) is 46.9 Å². The largest absolute Gasteiger partial charge is 0.486 e. The van der Waals surface area contributed by atoms with Crippen LogP contribution in [0.25, 0.3) is 11.5 Å². The molecule has 130 valence electrons. The molecular weight excluding hydrogens is 341 g/mol. The highest BCUT2D eigenvalue weighted by atomic mass is 35.5. The molecule has 0 amide bonds. The van der Waals surface area contributed by atoms with Gasteiger partial charge in [-0.2, -0.15) is 0 Å². The maximum absolute atomic E-state index is 14.0. The predicted octanol–water partition coefficient (Wildman–Crippen LogP) is 6.14. The van der Waals surface area contributed by atoms with Crippen molar-refractivity contribution in [2.24, 2.45) is 0 Å². The minimum atomic E-state index is -0.467. The fourth-order valence-electron chi connectivity index (χ4n) is 2.47. The molecule has 0 unspecified atom stereocenters. The summed E-state index contributed by atoms with van der Waals surface area (Å²) in [5.41, 5.74) is 2.06. The average molecular weight is 360 g/mol. The van der Waals surface area contributed by atoms with Gasteiger partial charge in [-0.3, -0.25) is 0 Å². The van der Waals surface area contributed by atoms with Crippen LogP contribution in [0, 0.1) is 12.7 Å². The van der Waals surface area contributed by atoms with Crippen molar-refractivity contribution >= 4 is 11.6 Å². The molecule has 1 heterocycles. The van der Waals surface area contributed by atoms with E-state index < -0.39 is 5.82 Å². The maximum Gasteiger partial charge on any atom is 0.231 e. The molecule has 0 bridgehead atoms. The van der Waals surface area contributed by atoms with Gasteiger partial charge in [0.05, 0.1) is 16.3 Å². The number of hydrogen-bond donors (Lipinski definition) is 0. The molecule has 3 aromatic rings. The van der Waals surface area contributed by atoms with Crippen molar-refractivity contribution in [1.82, 2.24) is 4.98 Å². The molecule has 0 fully saturated rings. The van der Waals surface area contributed by atoms with E-state index in [2.05, 4.69) is 18.8 Å². The number of oxazole rings is 1. The fraction of sp³-hybridized carbons (Fsp3) is 0.250. The van der Waals surface area contributed by atoms with Gasteiger partial charge in [-0.15, -0.1) is 0 Å². The minimum absolute atomic E-state index is 0.161. The van der Waals surface area contributed by atoms with Gasteiger partial charge in [0, 0.05) is 0 Å². The Hall–Kier alpha value is -2.33. The SMILES string of the molecule is Cc1nc(-c2c(F)cccc2Cl)oc1COc1ccc(C(C)C)cc1. The summed E-state index contributed by atoms with van der Waals surface area (Å²) < 4.78 is 25.5. The van der Waals surface area contributed by atoms with E-state index >= 15 is 0 Å². The Morgan fingerprint density at radius 2 is 1.88 bits per heavy atom. The Morgan fingerprint density at radius 3 is 2.52 bits per heavy atom. The van der Waals surface area contributed by atoms with Crippen molar-refractivity contribution in [3.05, 3.63) is 70.3 Å². The second kappa shape index (κ2) is 7.28. The monoisotopic (exact) mass is 359 g/mol. The van der Waals surface area contributed by atoms with Gasteiger partial charge in [0.1, 0.15) is 18.2 Å². The summed E-state index contributed by atoms with van der Waals surface area (Å²) in [5, 5.41) is 0.262. The number of benzene rings is 2. The molecule has 0 saturated carbocycles. The average Bonchev–Trinajstić information content (AvgIpc) is 2.93. The Kier molecular flexibility index (Phi) is 5.09. The summed E-state index contributed by atoms with van der Waals surface area (Å²) in [6.07, 6.45) is 0. The highest BCUT2D eigenvalue weighted by Gasteiger charge is 2.18. The van der Waals surface area contributed by atoms with E-state index in [1.807, 2.05) is 24.3 Å². The van der Waals surface area contributed by atoms with Gasteiger partial charge < -0.3 is 9.15 Å². The number of ether oxygens (including phenoxy) is 1. The highest BCUT2D eigenvalue weighted by molar-refractivity contribution is 6.33. The Morgan fingerprint density at radius 1 is 1.16 bits per heavy atom. The van der Waals surface area contributed by atoms with Crippen LogP contribution in [0.3, 0.4) is 0 Å². The van der Waals surface area contributed by atoms with Gasteiger partial charge in [0.2, 0.25) is 5.89 Å². The van der Waals surface area contributed by atoms with Crippen molar-refractivity contribution in [2.75, 3.05) is 0 Å². The zero-order valence-corrected chi connectivity index (χ0v) is 15.1.